The highest BCUT2D eigenvalue weighted by Gasteiger charge is 2.24. The van der Waals surface area contributed by atoms with Crippen LogP contribution >= 0.6 is 11.8 Å². The maximum absolute atomic E-state index is 13.8. The first-order valence-corrected chi connectivity index (χ1v) is 6.56. The number of halogens is 1. The molecule has 0 saturated heterocycles. The van der Waals surface area contributed by atoms with Crippen molar-refractivity contribution in [2.24, 2.45) is 5.73 Å². The minimum Gasteiger partial charge on any atom is -0.325 e. The molecule has 0 bridgehead atoms. The van der Waals surface area contributed by atoms with E-state index in [0.717, 1.165) is 10.5 Å². The van der Waals surface area contributed by atoms with Gasteiger partial charge >= 0.3 is 0 Å². The van der Waals surface area contributed by atoms with Crippen LogP contribution in [0.1, 0.15) is 32.3 Å². The fourth-order valence-corrected chi connectivity index (χ4v) is 2.69. The third-order valence-corrected chi connectivity index (χ3v) is 3.86. The fourth-order valence-electron chi connectivity index (χ4n) is 1.64. The molecular formula is C13H18FNS. The highest BCUT2D eigenvalue weighted by Crippen LogP contribution is 2.40. The zero-order chi connectivity index (χ0) is 11.8. The minimum absolute atomic E-state index is 0.0985. The Morgan fingerprint density at radius 1 is 1.44 bits per heavy atom. The number of benzene rings is 1. The molecule has 0 radical (unpaired) electrons. The van der Waals surface area contributed by atoms with Gasteiger partial charge in [-0.2, -0.15) is 0 Å². The van der Waals surface area contributed by atoms with Gasteiger partial charge in [-0.3, -0.25) is 0 Å². The van der Waals surface area contributed by atoms with E-state index in [0.29, 0.717) is 11.7 Å². The molecule has 0 amide bonds. The van der Waals surface area contributed by atoms with E-state index in [-0.39, 0.29) is 11.4 Å². The van der Waals surface area contributed by atoms with Gasteiger partial charge in [-0.05, 0) is 50.8 Å². The number of nitrogens with two attached hydrogens (primary N) is 1. The number of rotatable bonds is 4. The quantitative estimate of drug-likeness (QED) is 0.872. The molecule has 3 heteroatoms. The number of thioether (sulfide) groups is 1. The van der Waals surface area contributed by atoms with E-state index in [4.69, 9.17) is 5.73 Å². The van der Waals surface area contributed by atoms with E-state index < -0.39 is 0 Å². The van der Waals surface area contributed by atoms with Gasteiger partial charge in [0.15, 0.2) is 0 Å². The van der Waals surface area contributed by atoms with E-state index in [9.17, 15) is 4.39 Å². The Kier molecular flexibility index (Phi) is 3.27. The topological polar surface area (TPSA) is 26.0 Å². The standard InChI is InChI=1S/C13H18FNS/c1-13(2,15)8-9-3-6-12(11(14)7-9)16-10-4-5-10/h3,6-7,10H,4-5,8,15H2,1-2H3. The highest BCUT2D eigenvalue weighted by atomic mass is 32.2. The first kappa shape index (κ1) is 11.9. The summed E-state index contributed by atoms with van der Waals surface area (Å²) in [6, 6.07) is 5.50. The lowest BCUT2D eigenvalue weighted by molar-refractivity contribution is 0.513. The van der Waals surface area contributed by atoms with Crippen LogP contribution in [0.4, 0.5) is 4.39 Å². The molecule has 2 rings (SSSR count). The van der Waals surface area contributed by atoms with Crippen molar-refractivity contribution < 1.29 is 4.39 Å². The van der Waals surface area contributed by atoms with Crippen LogP contribution < -0.4 is 5.73 Å². The predicted octanol–water partition coefficient (Wildman–Crippen LogP) is 3.36. The largest absolute Gasteiger partial charge is 0.325 e. The minimum atomic E-state index is -0.280. The summed E-state index contributed by atoms with van der Waals surface area (Å²) in [4.78, 5) is 0.779. The Labute approximate surface area is 101 Å². The summed E-state index contributed by atoms with van der Waals surface area (Å²) in [5.74, 6) is -0.0985. The maximum atomic E-state index is 13.8. The highest BCUT2D eigenvalue weighted by molar-refractivity contribution is 8.00. The van der Waals surface area contributed by atoms with Crippen molar-refractivity contribution in [3.63, 3.8) is 0 Å². The SMILES string of the molecule is CC(C)(N)Cc1ccc(SC2CC2)c(F)c1. The summed E-state index contributed by atoms with van der Waals surface area (Å²) in [5.41, 5.74) is 6.62. The third-order valence-electron chi connectivity index (χ3n) is 2.47. The molecule has 0 unspecified atom stereocenters. The molecule has 0 spiro atoms. The monoisotopic (exact) mass is 239 g/mol. The lowest BCUT2D eigenvalue weighted by Gasteiger charge is -2.18. The van der Waals surface area contributed by atoms with E-state index in [1.54, 1.807) is 17.8 Å². The van der Waals surface area contributed by atoms with Crippen LogP contribution in [0.5, 0.6) is 0 Å². The van der Waals surface area contributed by atoms with Crippen molar-refractivity contribution in [1.82, 2.24) is 0 Å². The molecule has 1 aromatic carbocycles. The second kappa shape index (κ2) is 4.38. The second-order valence-corrected chi connectivity index (χ2v) is 6.59. The molecule has 2 N–H and O–H groups in total. The molecule has 88 valence electrons. The Bertz CT molecular complexity index is 380. The average molecular weight is 239 g/mol. The van der Waals surface area contributed by atoms with E-state index in [1.165, 1.54) is 12.8 Å². The molecule has 0 atom stereocenters. The van der Waals surface area contributed by atoms with Crippen molar-refractivity contribution in [3.05, 3.63) is 29.6 Å². The lowest BCUT2D eigenvalue weighted by atomic mass is 9.96. The average Bonchev–Trinajstić information content (AvgIpc) is 2.90. The summed E-state index contributed by atoms with van der Waals surface area (Å²) in [6.07, 6.45) is 3.15. The molecule has 0 aromatic heterocycles. The van der Waals surface area contributed by atoms with Crippen LogP contribution in [-0.4, -0.2) is 10.8 Å². The second-order valence-electron chi connectivity index (χ2n) is 5.25. The molecule has 1 aliphatic rings. The predicted molar refractivity (Wildman–Crippen MR) is 67.2 cm³/mol. The van der Waals surface area contributed by atoms with Gasteiger partial charge in [0.1, 0.15) is 5.82 Å². The third kappa shape index (κ3) is 3.49. The first-order chi connectivity index (χ1) is 7.44. The molecular weight excluding hydrogens is 221 g/mol. The van der Waals surface area contributed by atoms with Crippen LogP contribution in [0.3, 0.4) is 0 Å². The van der Waals surface area contributed by atoms with Crippen molar-refractivity contribution >= 4 is 11.8 Å². The van der Waals surface area contributed by atoms with E-state index in [2.05, 4.69) is 0 Å². The molecule has 1 fully saturated rings. The van der Waals surface area contributed by atoms with Crippen LogP contribution in [0, 0.1) is 5.82 Å². The maximum Gasteiger partial charge on any atom is 0.137 e. The number of hydrogen-bond acceptors (Lipinski definition) is 2. The summed E-state index contributed by atoms with van der Waals surface area (Å²) in [5, 5.41) is 0.645. The zero-order valence-corrected chi connectivity index (χ0v) is 10.6. The van der Waals surface area contributed by atoms with Gasteiger partial charge < -0.3 is 5.73 Å². The summed E-state index contributed by atoms with van der Waals surface area (Å²) >= 11 is 1.66. The van der Waals surface area contributed by atoms with Gasteiger partial charge in [0.25, 0.3) is 0 Å². The summed E-state index contributed by atoms with van der Waals surface area (Å²) in [7, 11) is 0. The van der Waals surface area contributed by atoms with Gasteiger partial charge in [-0.15, -0.1) is 11.8 Å². The van der Waals surface area contributed by atoms with E-state index in [1.807, 2.05) is 26.0 Å². The van der Waals surface area contributed by atoms with Gasteiger partial charge in [0, 0.05) is 15.7 Å². The molecule has 0 aliphatic heterocycles. The van der Waals surface area contributed by atoms with Crippen molar-refractivity contribution in [1.29, 1.82) is 0 Å². The molecule has 1 saturated carbocycles. The molecule has 16 heavy (non-hydrogen) atoms. The molecule has 1 nitrogen and oxygen atoms in total. The smallest absolute Gasteiger partial charge is 0.137 e. The van der Waals surface area contributed by atoms with E-state index >= 15 is 0 Å². The fraction of sp³-hybridized carbons (Fsp3) is 0.538. The number of hydrogen-bond donors (Lipinski definition) is 1. The van der Waals surface area contributed by atoms with Gasteiger partial charge in [-0.25, -0.2) is 4.39 Å². The Morgan fingerprint density at radius 2 is 2.12 bits per heavy atom. The van der Waals surface area contributed by atoms with Crippen LogP contribution in [0.15, 0.2) is 23.1 Å². The molecule has 1 aromatic rings. The summed E-state index contributed by atoms with van der Waals surface area (Å²) in [6.45, 7) is 3.91. The van der Waals surface area contributed by atoms with Crippen molar-refractivity contribution in [2.75, 3.05) is 0 Å². The van der Waals surface area contributed by atoms with Crippen molar-refractivity contribution in [3.8, 4) is 0 Å². The Hall–Kier alpha value is -0.540. The normalized spacial score (nSPS) is 16.5. The Morgan fingerprint density at radius 3 is 2.62 bits per heavy atom. The molecule has 1 aliphatic carbocycles. The zero-order valence-electron chi connectivity index (χ0n) is 9.79. The lowest BCUT2D eigenvalue weighted by Crippen LogP contribution is -2.34. The van der Waals surface area contributed by atoms with Gasteiger partial charge in [0.05, 0.1) is 0 Å². The first-order valence-electron chi connectivity index (χ1n) is 5.68. The van der Waals surface area contributed by atoms with Gasteiger partial charge in [-0.1, -0.05) is 6.07 Å². The summed E-state index contributed by atoms with van der Waals surface area (Å²) < 4.78 is 13.8. The van der Waals surface area contributed by atoms with Crippen molar-refractivity contribution in [2.45, 2.75) is 48.8 Å². The molecule has 0 heterocycles. The van der Waals surface area contributed by atoms with Gasteiger partial charge in [0.2, 0.25) is 0 Å². The van der Waals surface area contributed by atoms with Crippen LogP contribution in [0.2, 0.25) is 0 Å². The van der Waals surface area contributed by atoms with Crippen LogP contribution in [0.25, 0.3) is 0 Å². The van der Waals surface area contributed by atoms with Crippen LogP contribution in [-0.2, 0) is 6.42 Å². The Balaban J connectivity index is 2.08.